The summed E-state index contributed by atoms with van der Waals surface area (Å²) in [5.74, 6) is -3.03. The Balaban J connectivity index is -0.000000165. The molecule has 101 heavy (non-hydrogen) atoms. The number of carboxylic acid groups (broad SMARTS) is 4. The lowest BCUT2D eigenvalue weighted by molar-refractivity contribution is -0.321. The van der Waals surface area contributed by atoms with E-state index < -0.39 is 113 Å². The second-order valence-corrected chi connectivity index (χ2v) is 19.2. The third-order valence-electron chi connectivity index (χ3n) is 10.1. The van der Waals surface area contributed by atoms with E-state index in [9.17, 15) is 57.5 Å². The molecule has 584 valence electrons. The molecule has 8 amide bonds. The molecule has 16 N–H and O–H groups in total. The summed E-state index contributed by atoms with van der Waals surface area (Å²) in [4.78, 5) is 177. The van der Waals surface area contributed by atoms with Crippen molar-refractivity contribution in [1.82, 2.24) is 55.9 Å². The molecule has 0 bridgehead atoms. The van der Waals surface area contributed by atoms with Crippen LogP contribution < -0.4 is 49.1 Å². The number of nitrogens with zero attached hydrogens (tertiary/aromatic N) is 5. The van der Waals surface area contributed by atoms with Gasteiger partial charge in [-0.05, 0) is 148 Å². The van der Waals surface area contributed by atoms with Crippen molar-refractivity contribution in [2.45, 2.75) is 172 Å². The van der Waals surface area contributed by atoms with E-state index in [1.54, 1.807) is 111 Å². The lowest BCUT2D eigenvalue weighted by atomic mass is 10.2. The molecule has 0 aromatic carbocycles. The first kappa shape index (κ1) is 107. The minimum Gasteiger partial charge on any atom is -0.465 e. The molecule has 2 rings (SSSR count). The smallest absolute Gasteiger partial charge is 0.465 e. The number of aromatic nitrogens is 4. The van der Waals surface area contributed by atoms with Gasteiger partial charge in [-0.25, -0.2) is 81.8 Å². The van der Waals surface area contributed by atoms with Crippen molar-refractivity contribution in [3.8, 4) is 0 Å². The van der Waals surface area contributed by atoms with Crippen LogP contribution >= 0.6 is 23.2 Å². The molecule has 42 nitrogen and oxygen atoms in total. The van der Waals surface area contributed by atoms with E-state index in [0.717, 1.165) is 4.57 Å². The summed E-state index contributed by atoms with van der Waals surface area (Å²) in [7, 11) is 3.18. The number of urea groups is 3. The molecule has 0 spiro atoms. The van der Waals surface area contributed by atoms with Crippen LogP contribution in [-0.2, 0) is 76.5 Å². The molecule has 0 saturated heterocycles. The van der Waals surface area contributed by atoms with Gasteiger partial charge >= 0.3 is 89.0 Å². The molecule has 2 heterocycles. The van der Waals surface area contributed by atoms with E-state index >= 15 is 0 Å². The van der Waals surface area contributed by atoms with Crippen molar-refractivity contribution in [1.29, 1.82) is 0 Å². The van der Waals surface area contributed by atoms with Crippen molar-refractivity contribution in [2.24, 2.45) is 17.2 Å². The van der Waals surface area contributed by atoms with Gasteiger partial charge in [0, 0.05) is 31.8 Å². The molecule has 0 radical (unpaired) electrons. The fraction of sp³-hybridized carbons (Fsp3) is 0.632. The second-order valence-electron chi connectivity index (χ2n) is 18.3. The van der Waals surface area contributed by atoms with Crippen LogP contribution in [0, 0.1) is 0 Å². The number of nitrogens with two attached hydrogens (primary N) is 3. The van der Waals surface area contributed by atoms with Gasteiger partial charge in [0.2, 0.25) is 0 Å². The molecular formula is C57H104Cl2N14O28. The first-order valence-electron chi connectivity index (χ1n) is 30.2. The third-order valence-corrected chi connectivity index (χ3v) is 10.1. The van der Waals surface area contributed by atoms with Crippen LogP contribution in [0.3, 0.4) is 0 Å². The summed E-state index contributed by atoms with van der Waals surface area (Å²) in [6.07, 6.45) is 3.95. The molecule has 0 aliphatic heterocycles. The average Bonchev–Trinajstić information content (AvgIpc) is 1.82. The third kappa shape index (κ3) is 71.2. The topological polar surface area (TPSA) is 609 Å². The fourth-order valence-corrected chi connectivity index (χ4v) is 4.87. The molecule has 2 aromatic rings. The number of ether oxygens (including phenoxy) is 7. The number of halogens is 2. The van der Waals surface area contributed by atoms with Gasteiger partial charge < -0.3 is 108 Å². The van der Waals surface area contributed by atoms with Crippen LogP contribution in [0.1, 0.15) is 118 Å². The largest absolute Gasteiger partial charge is 0.503 e. The monoisotopic (exact) mass is 1500 g/mol. The van der Waals surface area contributed by atoms with Crippen LogP contribution in [0.25, 0.3) is 0 Å². The van der Waals surface area contributed by atoms with Gasteiger partial charge in [-0.1, -0.05) is 0 Å². The molecule has 2 aromatic heterocycles. The minimum atomic E-state index is -1.83. The van der Waals surface area contributed by atoms with E-state index in [2.05, 4.69) is 80.7 Å². The summed E-state index contributed by atoms with van der Waals surface area (Å²) in [6.45, 7) is 30.9. The van der Waals surface area contributed by atoms with E-state index in [0.29, 0.717) is 26.4 Å². The predicted molar refractivity (Wildman–Crippen MR) is 360 cm³/mol. The maximum atomic E-state index is 11.8. The van der Waals surface area contributed by atoms with Crippen molar-refractivity contribution in [2.75, 3.05) is 67.0 Å². The molecule has 9 atom stereocenters. The SMILES string of the molecule is CCOC(=O)C(C)N.CCOC(=O)C(C)NC.CCOC(=O)C(C)NC(=O)N(C)C(C)C(=O)OCC.CCOC(=O)C(C)NC(=O)O.CCOC(=O)C(C)NC(=O)n1ccnc1.CCOOC(C)C(C)NC(=O)NC(C)C(=O)OCC.NC(N)=O.O=C(Cl)Cl.O=C(O)O.O=C(O)n1ccnc1. The minimum absolute atomic E-state index is 0.190. The number of likely N-dealkylation sites (N-methyl/N-ethyl adjacent to an activating group) is 2. The lowest BCUT2D eigenvalue weighted by Crippen LogP contribution is -2.50. The highest BCUT2D eigenvalue weighted by Crippen LogP contribution is 2.02. The standard InChI is InChI=1S/C12H22N2O5.C12H24N2O5.C9H13N3O3.C6H11NO4.C6H13NO2.C5H11NO2.C4H4N2O2.CCl2O.CH4N2O.CH2O3/c1-6-18-10(15)8(3)13-12(17)14(5)9(4)11(16)19-7-2;1-6-17-11(15)9(4)14-12(16)13-8(3)10(5)19-18-7-2;1-3-15-8(13)7(2)11-9(14)12-5-4-10-6-12;1-3-11-5(8)4(2)7-6(9)10;1-4-9-6(8)5(2)7-3;1-3-8-5(7)4(2)6;7-4(8)6-2-1-5-3-6;3*2-1(3)4/h8-9H,6-7H2,1-5H3,(H,13,17);8-10H,6-7H2,1-5H3,(H2,13,14,16);4-7H,3H2,1-2H3,(H,11,14);4,7H,3H2,1-2H3,(H,9,10);5,7H,4H2,1-3H3;4H,3,6H2,1-2H3;1-3H,(H,7,8);;(H4,2,3,4);(H2,2,3,4). The Morgan fingerprint density at radius 1 is 0.485 bits per heavy atom. The highest BCUT2D eigenvalue weighted by atomic mass is 35.5. The number of hydrogen-bond donors (Lipinski definition) is 13. The van der Waals surface area contributed by atoms with E-state index in [1.165, 1.54) is 67.8 Å². The van der Waals surface area contributed by atoms with Crippen LogP contribution in [0.5, 0.6) is 0 Å². The van der Waals surface area contributed by atoms with E-state index in [1.807, 2.05) is 5.32 Å². The molecule has 0 fully saturated rings. The number of imidazole rings is 2. The van der Waals surface area contributed by atoms with Crippen molar-refractivity contribution in [3.05, 3.63) is 37.4 Å². The Bertz CT molecular complexity index is 2610. The van der Waals surface area contributed by atoms with Crippen molar-refractivity contribution >= 4 is 112 Å². The number of carbonyl (C=O) groups is 15. The summed E-state index contributed by atoms with van der Waals surface area (Å²) in [6, 6.07) is -6.85. The number of esters is 7. The van der Waals surface area contributed by atoms with Gasteiger partial charge in [-0.15, -0.1) is 0 Å². The summed E-state index contributed by atoms with van der Waals surface area (Å²) < 4.78 is 34.2. The zero-order chi connectivity index (χ0) is 80.5. The van der Waals surface area contributed by atoms with Gasteiger partial charge in [0.25, 0.3) is 0 Å². The Morgan fingerprint density at radius 2 is 0.802 bits per heavy atom. The molecular weight excluding hydrogens is 1400 g/mol. The van der Waals surface area contributed by atoms with Crippen LogP contribution in [0.15, 0.2) is 37.4 Å². The number of nitrogens with one attached hydrogen (secondary N) is 6. The molecule has 0 saturated carbocycles. The number of amides is 8. The summed E-state index contributed by atoms with van der Waals surface area (Å²) in [5.41, 5.74) is 13.6. The maximum Gasteiger partial charge on any atom is 0.503 e. The van der Waals surface area contributed by atoms with Crippen LogP contribution in [0.4, 0.5) is 38.4 Å². The molecule has 44 heteroatoms. The number of carbonyl (C=O) groups excluding carboxylic acids is 12. The normalized spacial score (nSPS) is 12.0. The Hall–Kier alpha value is -9.91. The van der Waals surface area contributed by atoms with Gasteiger partial charge in [0.05, 0.1) is 58.9 Å². The first-order chi connectivity index (χ1) is 46.9. The molecule has 0 aliphatic rings. The van der Waals surface area contributed by atoms with Crippen LogP contribution in [0.2, 0.25) is 0 Å². The highest BCUT2D eigenvalue weighted by molar-refractivity contribution is 6.93. The maximum absolute atomic E-state index is 11.8. The zero-order valence-electron chi connectivity index (χ0n) is 60.1. The van der Waals surface area contributed by atoms with E-state index in [-0.39, 0.29) is 56.6 Å². The zero-order valence-corrected chi connectivity index (χ0v) is 61.6. The lowest BCUT2D eigenvalue weighted by Gasteiger charge is -2.25. The highest BCUT2D eigenvalue weighted by Gasteiger charge is 2.27. The second kappa shape index (κ2) is 68.6. The number of hydrogen-bond acceptors (Lipinski definition) is 28. The quantitative estimate of drug-likeness (QED) is 0.0223. The van der Waals surface area contributed by atoms with Gasteiger partial charge in [-0.3, -0.25) is 19.0 Å². The van der Waals surface area contributed by atoms with Crippen molar-refractivity contribution in [3.63, 3.8) is 0 Å². The number of rotatable bonds is 25. The van der Waals surface area contributed by atoms with Crippen molar-refractivity contribution < 1.29 is 135 Å². The predicted octanol–water partition coefficient (Wildman–Crippen LogP) is 3.40. The van der Waals surface area contributed by atoms with E-state index in [4.69, 9.17) is 74.0 Å². The van der Waals surface area contributed by atoms with Gasteiger partial charge in [0.15, 0.2) is 0 Å². The summed E-state index contributed by atoms with van der Waals surface area (Å²) >= 11 is 8.80. The first-order valence-corrected chi connectivity index (χ1v) is 30.9. The Morgan fingerprint density at radius 3 is 1.09 bits per heavy atom. The Kier molecular flexibility index (Phi) is 72.7. The Labute approximate surface area is 595 Å². The fourth-order valence-electron chi connectivity index (χ4n) is 4.87. The molecule has 0 aliphatic carbocycles. The van der Waals surface area contributed by atoms with Crippen LogP contribution in [-0.4, -0.2) is 255 Å². The van der Waals surface area contributed by atoms with Gasteiger partial charge in [-0.2, -0.15) is 0 Å². The summed E-state index contributed by atoms with van der Waals surface area (Å²) in [5, 5.41) is 45.1. The molecule has 9 unspecified atom stereocenters. The average molecular weight is 1500 g/mol. The number of primary amides is 2. The van der Waals surface area contributed by atoms with Gasteiger partial charge in [0.1, 0.15) is 61.1 Å².